The average Bonchev–Trinajstić information content (AvgIpc) is 2.73. The molecule has 2 bridgehead atoms. The highest BCUT2D eigenvalue weighted by molar-refractivity contribution is 5.18. The van der Waals surface area contributed by atoms with Crippen molar-refractivity contribution in [1.82, 2.24) is 4.90 Å². The van der Waals surface area contributed by atoms with Gasteiger partial charge in [0.25, 0.3) is 6.43 Å². The molecule has 0 unspecified atom stereocenters. The predicted molar refractivity (Wildman–Crippen MR) is 58.3 cm³/mol. The first kappa shape index (κ1) is 10.2. The first-order valence-corrected chi connectivity index (χ1v) is 5.78. The van der Waals surface area contributed by atoms with E-state index in [4.69, 9.17) is 0 Å². The molecule has 1 aliphatic carbocycles. The number of benzene rings is 1. The zero-order chi connectivity index (χ0) is 11.2. The maximum atomic E-state index is 13.1. The summed E-state index contributed by atoms with van der Waals surface area (Å²) in [5, 5.41) is 0. The Morgan fingerprint density at radius 2 is 1.94 bits per heavy atom. The molecule has 3 fully saturated rings. The molecule has 4 rings (SSSR count). The van der Waals surface area contributed by atoms with Crippen molar-refractivity contribution >= 4 is 0 Å². The Balaban J connectivity index is 1.77. The molecule has 2 aliphatic heterocycles. The highest BCUT2D eigenvalue weighted by Crippen LogP contribution is 2.54. The number of fused-ring (bicyclic) bond motifs is 1. The molecule has 0 N–H and O–H groups in total. The molecule has 3 heteroatoms. The molecule has 1 nitrogen and oxygen atoms in total. The Hall–Kier alpha value is -0.960. The number of alkyl halides is 2. The van der Waals surface area contributed by atoms with Crippen LogP contribution in [0.4, 0.5) is 8.78 Å². The van der Waals surface area contributed by atoms with Gasteiger partial charge in [0.1, 0.15) is 0 Å². The van der Waals surface area contributed by atoms with E-state index in [-0.39, 0.29) is 0 Å². The van der Waals surface area contributed by atoms with E-state index in [1.165, 1.54) is 0 Å². The second-order valence-corrected chi connectivity index (χ2v) is 5.04. The van der Waals surface area contributed by atoms with Crippen molar-refractivity contribution in [2.24, 2.45) is 5.92 Å². The van der Waals surface area contributed by atoms with Crippen molar-refractivity contribution in [3.63, 3.8) is 0 Å². The summed E-state index contributed by atoms with van der Waals surface area (Å²) in [6.07, 6.45) is -0.815. The van der Waals surface area contributed by atoms with Gasteiger partial charge in [0, 0.05) is 13.1 Å². The Morgan fingerprint density at radius 1 is 1.25 bits per heavy atom. The Bertz CT molecular complexity index is 371. The molecule has 0 aromatic heterocycles. The van der Waals surface area contributed by atoms with Crippen LogP contribution in [-0.2, 0) is 6.54 Å². The smallest absolute Gasteiger partial charge is 0.256 e. The van der Waals surface area contributed by atoms with Crippen LogP contribution in [-0.4, -0.2) is 23.4 Å². The van der Waals surface area contributed by atoms with Crippen molar-refractivity contribution in [3.05, 3.63) is 35.9 Å². The van der Waals surface area contributed by atoms with Gasteiger partial charge in [0.15, 0.2) is 0 Å². The van der Waals surface area contributed by atoms with E-state index in [0.717, 1.165) is 12.1 Å². The summed E-state index contributed by atoms with van der Waals surface area (Å²) in [5.41, 5.74) is 0.343. The first-order valence-electron chi connectivity index (χ1n) is 5.78. The minimum absolute atomic E-state index is 0.512. The van der Waals surface area contributed by atoms with Crippen molar-refractivity contribution in [1.29, 1.82) is 0 Å². The Labute approximate surface area is 94.1 Å². The second kappa shape index (κ2) is 3.52. The molecule has 1 aromatic rings. The van der Waals surface area contributed by atoms with Crippen LogP contribution in [0.15, 0.2) is 30.3 Å². The van der Waals surface area contributed by atoms with Gasteiger partial charge in [-0.1, -0.05) is 30.3 Å². The van der Waals surface area contributed by atoms with Crippen molar-refractivity contribution in [2.75, 3.05) is 6.54 Å². The number of rotatable bonds is 3. The molecule has 0 atom stereocenters. The summed E-state index contributed by atoms with van der Waals surface area (Å²) >= 11 is 0. The van der Waals surface area contributed by atoms with E-state index in [9.17, 15) is 8.78 Å². The second-order valence-electron chi connectivity index (χ2n) is 5.04. The van der Waals surface area contributed by atoms with Crippen LogP contribution in [0.25, 0.3) is 0 Å². The molecule has 0 amide bonds. The van der Waals surface area contributed by atoms with E-state index in [2.05, 4.69) is 0 Å². The molecule has 0 spiro atoms. The quantitative estimate of drug-likeness (QED) is 0.761. The molecule has 1 aromatic carbocycles. The zero-order valence-corrected chi connectivity index (χ0v) is 9.07. The van der Waals surface area contributed by atoms with Crippen LogP contribution < -0.4 is 0 Å². The molecule has 3 aliphatic rings. The van der Waals surface area contributed by atoms with Crippen LogP contribution in [0, 0.1) is 5.92 Å². The third-order valence-corrected chi connectivity index (χ3v) is 4.02. The van der Waals surface area contributed by atoms with Crippen LogP contribution in [0.1, 0.15) is 18.4 Å². The van der Waals surface area contributed by atoms with Gasteiger partial charge < -0.3 is 0 Å². The highest BCUT2D eigenvalue weighted by Gasteiger charge is 2.60. The zero-order valence-electron chi connectivity index (χ0n) is 9.07. The molecule has 86 valence electrons. The van der Waals surface area contributed by atoms with Crippen molar-refractivity contribution in [3.8, 4) is 0 Å². The molecular weight excluding hydrogens is 208 g/mol. The molecule has 1 saturated carbocycles. The third kappa shape index (κ3) is 1.38. The van der Waals surface area contributed by atoms with Crippen molar-refractivity contribution in [2.45, 2.75) is 31.4 Å². The van der Waals surface area contributed by atoms with E-state index in [1.807, 2.05) is 35.2 Å². The van der Waals surface area contributed by atoms with Crippen LogP contribution >= 0.6 is 0 Å². The van der Waals surface area contributed by atoms with Gasteiger partial charge >= 0.3 is 0 Å². The summed E-state index contributed by atoms with van der Waals surface area (Å²) in [4.78, 5) is 1.98. The van der Waals surface area contributed by atoms with Gasteiger partial charge in [0.05, 0.1) is 5.54 Å². The van der Waals surface area contributed by atoms with Crippen LogP contribution in [0.5, 0.6) is 0 Å². The molecule has 2 saturated heterocycles. The fourth-order valence-electron chi connectivity index (χ4n) is 3.16. The number of halogens is 2. The van der Waals surface area contributed by atoms with Gasteiger partial charge in [-0.05, 0) is 24.3 Å². The van der Waals surface area contributed by atoms with Gasteiger partial charge in [-0.3, -0.25) is 4.90 Å². The largest absolute Gasteiger partial charge is 0.288 e. The predicted octanol–water partition coefficient (Wildman–Crippen LogP) is 2.92. The average molecular weight is 223 g/mol. The molecule has 2 heterocycles. The number of hydrogen-bond acceptors (Lipinski definition) is 1. The fourth-order valence-corrected chi connectivity index (χ4v) is 3.16. The van der Waals surface area contributed by atoms with Gasteiger partial charge in [-0.15, -0.1) is 0 Å². The lowest BCUT2D eigenvalue weighted by Crippen LogP contribution is -2.51. The van der Waals surface area contributed by atoms with E-state index in [1.54, 1.807) is 0 Å². The van der Waals surface area contributed by atoms with Crippen molar-refractivity contribution < 1.29 is 8.78 Å². The minimum atomic E-state index is -2.20. The van der Waals surface area contributed by atoms with E-state index in [0.29, 0.717) is 25.3 Å². The molecule has 16 heavy (non-hydrogen) atoms. The SMILES string of the molecule is FC(F)C12CC(CN1Cc1ccccc1)C2. The topological polar surface area (TPSA) is 3.24 Å². The maximum Gasteiger partial charge on any atom is 0.256 e. The maximum absolute atomic E-state index is 13.1. The summed E-state index contributed by atoms with van der Waals surface area (Å²) in [6.45, 7) is 1.51. The van der Waals surface area contributed by atoms with Crippen LogP contribution in [0.3, 0.4) is 0 Å². The molecular formula is C13H15F2N. The normalized spacial score (nSPS) is 33.1. The van der Waals surface area contributed by atoms with E-state index >= 15 is 0 Å². The Morgan fingerprint density at radius 3 is 2.56 bits per heavy atom. The summed E-state index contributed by atoms with van der Waals surface area (Å²) < 4.78 is 26.1. The lowest BCUT2D eigenvalue weighted by molar-refractivity contribution is -0.0580. The van der Waals surface area contributed by atoms with Gasteiger partial charge in [-0.25, -0.2) is 8.78 Å². The lowest BCUT2D eigenvalue weighted by Gasteiger charge is -2.41. The summed E-state index contributed by atoms with van der Waals surface area (Å²) in [6, 6.07) is 9.90. The third-order valence-electron chi connectivity index (χ3n) is 4.02. The molecule has 0 radical (unpaired) electrons. The van der Waals surface area contributed by atoms with Crippen LogP contribution in [0.2, 0.25) is 0 Å². The Kier molecular flexibility index (Phi) is 2.25. The monoisotopic (exact) mass is 223 g/mol. The van der Waals surface area contributed by atoms with E-state index < -0.39 is 12.0 Å². The van der Waals surface area contributed by atoms with Gasteiger partial charge in [-0.2, -0.15) is 0 Å². The first-order chi connectivity index (χ1) is 7.71. The lowest BCUT2D eigenvalue weighted by atomic mass is 9.73. The standard InChI is InChI=1S/C13H15F2N/c14-12(15)13-6-11(7-13)9-16(13)8-10-4-2-1-3-5-10/h1-5,11-12H,6-9H2. The fraction of sp³-hybridized carbons (Fsp3) is 0.538. The number of hydrogen-bond donors (Lipinski definition) is 0. The summed E-state index contributed by atoms with van der Waals surface area (Å²) in [5.74, 6) is 0.512. The summed E-state index contributed by atoms with van der Waals surface area (Å²) in [7, 11) is 0. The van der Waals surface area contributed by atoms with Gasteiger partial charge in [0.2, 0.25) is 0 Å². The number of nitrogens with zero attached hydrogens (tertiary/aromatic N) is 1. The highest BCUT2D eigenvalue weighted by atomic mass is 19.3. The minimum Gasteiger partial charge on any atom is -0.288 e.